The molecule has 2 bridgehead atoms. The van der Waals surface area contributed by atoms with E-state index in [1.807, 2.05) is 0 Å². The fourth-order valence-electron chi connectivity index (χ4n) is 4.63. The average molecular weight is 461 g/mol. The van der Waals surface area contributed by atoms with Crippen LogP contribution in [0.15, 0.2) is 36.8 Å². The Hall–Kier alpha value is -3.57. The van der Waals surface area contributed by atoms with Gasteiger partial charge in [0.05, 0.1) is 24.0 Å². The van der Waals surface area contributed by atoms with Crippen molar-refractivity contribution in [1.82, 2.24) is 29.9 Å². The van der Waals surface area contributed by atoms with Crippen molar-refractivity contribution >= 4 is 11.7 Å². The molecule has 1 saturated heterocycles. The van der Waals surface area contributed by atoms with Crippen LogP contribution < -0.4 is 5.32 Å². The lowest BCUT2D eigenvalue weighted by molar-refractivity contribution is -0.138. The summed E-state index contributed by atoms with van der Waals surface area (Å²) in [7, 11) is 0. The first-order valence-corrected chi connectivity index (χ1v) is 10.4. The van der Waals surface area contributed by atoms with Gasteiger partial charge < -0.3 is 10.2 Å². The zero-order valence-electron chi connectivity index (χ0n) is 17.4. The number of carbonyl (C=O) groups excluding carboxylic acids is 1. The third kappa shape index (κ3) is 3.89. The van der Waals surface area contributed by atoms with Crippen LogP contribution in [0.25, 0.3) is 5.69 Å². The van der Waals surface area contributed by atoms with Crippen molar-refractivity contribution in [2.75, 3.05) is 11.9 Å². The summed E-state index contributed by atoms with van der Waals surface area (Å²) in [6.45, 7) is 2.29. The second-order valence-corrected chi connectivity index (χ2v) is 8.30. The molecule has 4 heterocycles. The first-order chi connectivity index (χ1) is 15.7. The third-order valence-corrected chi connectivity index (χ3v) is 6.08. The van der Waals surface area contributed by atoms with Gasteiger partial charge in [0.1, 0.15) is 5.69 Å². The zero-order chi connectivity index (χ0) is 23.3. The Labute approximate surface area is 185 Å². The Balaban J connectivity index is 1.39. The van der Waals surface area contributed by atoms with Gasteiger partial charge in [0.25, 0.3) is 5.91 Å². The summed E-state index contributed by atoms with van der Waals surface area (Å²) in [6.07, 6.45) is 0.277. The molecule has 0 spiro atoms. The second-order valence-electron chi connectivity index (χ2n) is 8.30. The number of likely N-dealkylation sites (tertiary alicyclic amines) is 1. The maximum atomic E-state index is 14.3. The smallest absolute Gasteiger partial charge is 0.363 e. The summed E-state index contributed by atoms with van der Waals surface area (Å²) in [4.78, 5) is 24.5. The van der Waals surface area contributed by atoms with Gasteiger partial charge in [0.15, 0.2) is 17.3 Å². The van der Waals surface area contributed by atoms with E-state index in [1.54, 1.807) is 24.0 Å². The molecule has 2 aliphatic rings. The van der Waals surface area contributed by atoms with E-state index >= 15 is 0 Å². The van der Waals surface area contributed by atoms with E-state index in [2.05, 4.69) is 25.5 Å². The minimum atomic E-state index is -4.68. The number of rotatable bonds is 4. The van der Waals surface area contributed by atoms with Gasteiger partial charge >= 0.3 is 6.18 Å². The van der Waals surface area contributed by atoms with E-state index in [0.29, 0.717) is 43.0 Å². The molecule has 0 aromatic carbocycles. The number of amides is 1. The first kappa shape index (κ1) is 21.3. The molecule has 1 N–H and O–H groups in total. The molecule has 0 unspecified atom stereocenters. The predicted molar refractivity (Wildman–Crippen MR) is 108 cm³/mol. The average Bonchev–Trinajstić information content (AvgIpc) is 3.51. The van der Waals surface area contributed by atoms with Crippen molar-refractivity contribution in [3.05, 3.63) is 59.6 Å². The number of alkyl halides is 3. The van der Waals surface area contributed by atoms with Gasteiger partial charge in [0, 0.05) is 24.5 Å². The lowest BCUT2D eigenvalue weighted by Crippen LogP contribution is -2.48. The summed E-state index contributed by atoms with van der Waals surface area (Å²) in [5, 5.41) is 11.1. The summed E-state index contributed by atoms with van der Waals surface area (Å²) in [5.74, 6) is -1.46. The first-order valence-electron chi connectivity index (χ1n) is 10.4. The van der Waals surface area contributed by atoms with Gasteiger partial charge in [-0.05, 0) is 43.9 Å². The number of hydrogen-bond acceptors (Lipinski definition) is 6. The van der Waals surface area contributed by atoms with Gasteiger partial charge in [-0.15, -0.1) is 4.80 Å². The van der Waals surface area contributed by atoms with Crippen LogP contribution in [0.5, 0.6) is 0 Å². The van der Waals surface area contributed by atoms with Crippen LogP contribution >= 0.6 is 0 Å². The summed E-state index contributed by atoms with van der Waals surface area (Å²) in [6, 6.07) is 3.29. The second kappa shape index (κ2) is 7.78. The van der Waals surface area contributed by atoms with Crippen LogP contribution in [-0.4, -0.2) is 54.4 Å². The zero-order valence-corrected chi connectivity index (χ0v) is 17.4. The maximum Gasteiger partial charge on any atom is 0.417 e. The SMILES string of the molecule is Cc1ccc(-n2nccn2)c(C(=O)N2C[C@@H]3C[C@@H](Nc4ncc(C(F)(F)F)cc4F)[C@@H]2C3)n1. The number of aryl methyl sites for hydroxylation is 1. The number of carbonyl (C=O) groups is 1. The minimum Gasteiger partial charge on any atom is -0.363 e. The normalized spacial score (nSPS) is 22.1. The molecule has 8 nitrogen and oxygen atoms in total. The van der Waals surface area contributed by atoms with Crippen molar-refractivity contribution in [3.63, 3.8) is 0 Å². The third-order valence-electron chi connectivity index (χ3n) is 6.08. The van der Waals surface area contributed by atoms with Crippen LogP contribution in [0, 0.1) is 18.7 Å². The van der Waals surface area contributed by atoms with Crippen molar-refractivity contribution in [2.45, 2.75) is 38.0 Å². The van der Waals surface area contributed by atoms with E-state index in [0.717, 1.165) is 0 Å². The molecule has 1 aliphatic carbocycles. The molecule has 1 amide bonds. The lowest BCUT2D eigenvalue weighted by atomic mass is 10.0. The number of anilines is 1. The van der Waals surface area contributed by atoms with Crippen molar-refractivity contribution < 1.29 is 22.4 Å². The highest BCUT2D eigenvalue weighted by molar-refractivity contribution is 5.96. The Morgan fingerprint density at radius 3 is 2.61 bits per heavy atom. The van der Waals surface area contributed by atoms with Crippen LogP contribution in [0.1, 0.15) is 34.6 Å². The van der Waals surface area contributed by atoms with Crippen molar-refractivity contribution in [3.8, 4) is 5.69 Å². The fraction of sp³-hybridized carbons (Fsp3) is 0.381. The highest BCUT2D eigenvalue weighted by Crippen LogP contribution is 2.40. The number of pyridine rings is 2. The lowest BCUT2D eigenvalue weighted by Gasteiger charge is -2.34. The molecule has 3 aromatic rings. The molecule has 33 heavy (non-hydrogen) atoms. The molecule has 172 valence electrons. The van der Waals surface area contributed by atoms with E-state index in [1.165, 1.54) is 17.2 Å². The summed E-state index contributed by atoms with van der Waals surface area (Å²) in [5.41, 5.74) is 0.152. The maximum absolute atomic E-state index is 14.3. The highest BCUT2D eigenvalue weighted by Gasteiger charge is 2.48. The molecule has 1 aliphatic heterocycles. The topological polar surface area (TPSA) is 88.8 Å². The van der Waals surface area contributed by atoms with Crippen molar-refractivity contribution in [1.29, 1.82) is 0 Å². The highest BCUT2D eigenvalue weighted by atomic mass is 19.4. The van der Waals surface area contributed by atoms with Crippen LogP contribution in [0.4, 0.5) is 23.4 Å². The summed E-state index contributed by atoms with van der Waals surface area (Å²) < 4.78 is 52.7. The van der Waals surface area contributed by atoms with E-state index in [4.69, 9.17) is 0 Å². The molecular formula is C21H19F4N7O. The number of nitrogens with one attached hydrogen (secondary N) is 1. The van der Waals surface area contributed by atoms with Gasteiger partial charge in [-0.25, -0.2) is 14.4 Å². The Morgan fingerprint density at radius 1 is 1.18 bits per heavy atom. The number of piperidine rings is 1. The molecule has 2 fully saturated rings. The van der Waals surface area contributed by atoms with Crippen molar-refractivity contribution in [2.24, 2.45) is 5.92 Å². The number of fused-ring (bicyclic) bond motifs is 2. The quantitative estimate of drug-likeness (QED) is 0.601. The minimum absolute atomic E-state index is 0.185. The molecule has 12 heteroatoms. The standard InChI is InChI=1S/C21H19F4N7O/c1-11-2-3-16(32-27-4-5-28-32)18(29-11)20(33)31-10-12-6-15(17(31)7-12)30-19-14(22)8-13(9-26-19)21(23,24)25/h2-5,8-9,12,15,17H,6-7,10H2,1H3,(H,26,30)/t12-,15-,17+/m1/s1. The fourth-order valence-corrected chi connectivity index (χ4v) is 4.63. The van der Waals surface area contributed by atoms with E-state index < -0.39 is 17.6 Å². The Kier molecular flexibility index (Phi) is 5.02. The number of aromatic nitrogens is 5. The molecule has 5 rings (SSSR count). The number of halogens is 4. The van der Waals surface area contributed by atoms with Crippen LogP contribution in [-0.2, 0) is 6.18 Å². The molecule has 3 atom stereocenters. The van der Waals surface area contributed by atoms with Crippen LogP contribution in [0.2, 0.25) is 0 Å². The van der Waals surface area contributed by atoms with Gasteiger partial charge in [0.2, 0.25) is 0 Å². The molecular weight excluding hydrogens is 442 g/mol. The van der Waals surface area contributed by atoms with E-state index in [-0.39, 0.29) is 35.4 Å². The van der Waals surface area contributed by atoms with Gasteiger partial charge in [-0.2, -0.15) is 23.4 Å². The monoisotopic (exact) mass is 461 g/mol. The van der Waals surface area contributed by atoms with Crippen LogP contribution in [0.3, 0.4) is 0 Å². The molecule has 3 aromatic heterocycles. The largest absolute Gasteiger partial charge is 0.417 e. The van der Waals surface area contributed by atoms with E-state index in [9.17, 15) is 22.4 Å². The molecule has 0 radical (unpaired) electrons. The Morgan fingerprint density at radius 2 is 1.94 bits per heavy atom. The number of nitrogens with zero attached hydrogens (tertiary/aromatic N) is 6. The van der Waals surface area contributed by atoms with Gasteiger partial charge in [-0.3, -0.25) is 4.79 Å². The predicted octanol–water partition coefficient (Wildman–Crippen LogP) is 3.24. The number of hydrogen-bond donors (Lipinski definition) is 1. The Bertz CT molecular complexity index is 1200. The van der Waals surface area contributed by atoms with Gasteiger partial charge in [-0.1, -0.05) is 0 Å². The summed E-state index contributed by atoms with van der Waals surface area (Å²) >= 11 is 0. The molecule has 1 saturated carbocycles.